The Kier molecular flexibility index (Phi) is 7.01. The van der Waals surface area contributed by atoms with Gasteiger partial charge in [-0.2, -0.15) is 0 Å². The third-order valence-corrected chi connectivity index (χ3v) is 5.91. The van der Waals surface area contributed by atoms with Crippen LogP contribution in [0.25, 0.3) is 0 Å². The van der Waals surface area contributed by atoms with Gasteiger partial charge in [0.25, 0.3) is 0 Å². The first-order valence-electron chi connectivity index (χ1n) is 9.43. The fourth-order valence-corrected chi connectivity index (χ4v) is 4.38. The molecule has 5 unspecified atom stereocenters. The molecule has 2 aliphatic carbocycles. The first-order valence-corrected chi connectivity index (χ1v) is 9.43. The zero-order valence-electron chi connectivity index (χ0n) is 14.7. The normalized spacial score (nSPS) is 37.9. The Morgan fingerprint density at radius 3 is 2.52 bits per heavy atom. The average molecular weight is 296 g/mol. The van der Waals surface area contributed by atoms with Crippen LogP contribution in [-0.4, -0.2) is 25.3 Å². The Bertz CT molecular complexity index is 291. The number of nitrogens with one attached hydrogen (secondary N) is 1. The van der Waals surface area contributed by atoms with Crippen LogP contribution in [0.1, 0.15) is 72.6 Å². The third kappa shape index (κ3) is 5.25. The highest BCUT2D eigenvalue weighted by molar-refractivity contribution is 4.82. The van der Waals surface area contributed by atoms with Gasteiger partial charge >= 0.3 is 0 Å². The van der Waals surface area contributed by atoms with E-state index in [9.17, 15) is 0 Å². The molecular formula is C19H37NO. The minimum atomic E-state index is 0.499. The molecule has 124 valence electrons. The number of rotatable bonds is 6. The molecule has 2 heteroatoms. The molecule has 2 rings (SSSR count). The van der Waals surface area contributed by atoms with Crippen LogP contribution in [0.5, 0.6) is 0 Å². The van der Waals surface area contributed by atoms with E-state index in [1.165, 1.54) is 44.9 Å². The maximum atomic E-state index is 6.29. The topological polar surface area (TPSA) is 21.3 Å². The van der Waals surface area contributed by atoms with Crippen LogP contribution in [-0.2, 0) is 4.74 Å². The molecule has 0 spiro atoms. The van der Waals surface area contributed by atoms with E-state index in [1.807, 2.05) is 0 Å². The molecule has 0 bridgehead atoms. The summed E-state index contributed by atoms with van der Waals surface area (Å²) in [5.74, 6) is 3.22. The molecule has 0 aromatic rings. The fourth-order valence-electron chi connectivity index (χ4n) is 4.38. The van der Waals surface area contributed by atoms with Crippen molar-refractivity contribution in [2.24, 2.45) is 23.7 Å². The quantitative estimate of drug-likeness (QED) is 0.721. The maximum Gasteiger partial charge on any atom is 0.0608 e. The van der Waals surface area contributed by atoms with Gasteiger partial charge in [-0.1, -0.05) is 47.0 Å². The van der Waals surface area contributed by atoms with Crippen molar-refractivity contribution < 1.29 is 4.74 Å². The van der Waals surface area contributed by atoms with E-state index in [4.69, 9.17) is 4.74 Å². The van der Waals surface area contributed by atoms with Crippen LogP contribution >= 0.6 is 0 Å². The van der Waals surface area contributed by atoms with E-state index in [-0.39, 0.29) is 0 Å². The Morgan fingerprint density at radius 2 is 1.81 bits per heavy atom. The lowest BCUT2D eigenvalue weighted by Crippen LogP contribution is -2.40. The molecule has 0 aromatic carbocycles. The molecule has 2 aliphatic rings. The molecule has 0 aromatic heterocycles. The van der Waals surface area contributed by atoms with Gasteiger partial charge in [0.1, 0.15) is 0 Å². The molecule has 5 atom stereocenters. The van der Waals surface area contributed by atoms with Gasteiger partial charge in [-0.15, -0.1) is 0 Å². The summed E-state index contributed by atoms with van der Waals surface area (Å²) in [6, 6.07) is 0.730. The minimum absolute atomic E-state index is 0.499. The fraction of sp³-hybridized carbons (Fsp3) is 1.00. The zero-order chi connectivity index (χ0) is 15.2. The van der Waals surface area contributed by atoms with Gasteiger partial charge in [0.15, 0.2) is 0 Å². The van der Waals surface area contributed by atoms with E-state index >= 15 is 0 Å². The van der Waals surface area contributed by atoms with Gasteiger partial charge in [0.2, 0.25) is 0 Å². The molecule has 1 N–H and O–H groups in total. The minimum Gasteiger partial charge on any atom is -0.377 e. The predicted molar refractivity (Wildman–Crippen MR) is 90.5 cm³/mol. The Labute approximate surface area is 132 Å². The molecule has 2 fully saturated rings. The lowest BCUT2D eigenvalue weighted by Gasteiger charge is -2.37. The van der Waals surface area contributed by atoms with E-state index in [1.54, 1.807) is 0 Å². The van der Waals surface area contributed by atoms with Crippen molar-refractivity contribution in [1.82, 2.24) is 5.32 Å². The standard InChI is InChI=1S/C19H37NO/c1-14(2)17-10-9-15(3)13-19(17)21-12-11-20-18-8-6-5-7-16(18)4/h14-20H,5-13H2,1-4H3. The molecule has 2 saturated carbocycles. The summed E-state index contributed by atoms with van der Waals surface area (Å²) < 4.78 is 6.29. The van der Waals surface area contributed by atoms with Crippen molar-refractivity contribution in [2.45, 2.75) is 84.8 Å². The molecule has 0 heterocycles. The van der Waals surface area contributed by atoms with Crippen LogP contribution in [0.2, 0.25) is 0 Å². The number of ether oxygens (including phenoxy) is 1. The zero-order valence-corrected chi connectivity index (χ0v) is 14.7. The van der Waals surface area contributed by atoms with Gasteiger partial charge in [-0.25, -0.2) is 0 Å². The second-order valence-corrected chi connectivity index (χ2v) is 8.06. The SMILES string of the molecule is CC1CCC(C(C)C)C(OCCNC2CCCCC2C)C1. The smallest absolute Gasteiger partial charge is 0.0608 e. The second kappa shape index (κ2) is 8.53. The van der Waals surface area contributed by atoms with Gasteiger partial charge in [-0.05, 0) is 49.4 Å². The van der Waals surface area contributed by atoms with Gasteiger partial charge < -0.3 is 10.1 Å². The highest BCUT2D eigenvalue weighted by Crippen LogP contribution is 2.35. The third-order valence-electron chi connectivity index (χ3n) is 5.91. The van der Waals surface area contributed by atoms with E-state index in [0.717, 1.165) is 42.9 Å². The summed E-state index contributed by atoms with van der Waals surface area (Å²) in [5.41, 5.74) is 0. The van der Waals surface area contributed by atoms with Crippen LogP contribution < -0.4 is 5.32 Å². The van der Waals surface area contributed by atoms with E-state index in [0.29, 0.717) is 6.10 Å². The van der Waals surface area contributed by atoms with Gasteiger partial charge in [0, 0.05) is 12.6 Å². The molecule has 0 amide bonds. The monoisotopic (exact) mass is 295 g/mol. The molecular weight excluding hydrogens is 258 g/mol. The van der Waals surface area contributed by atoms with Crippen LogP contribution in [0, 0.1) is 23.7 Å². The van der Waals surface area contributed by atoms with Crippen LogP contribution in [0.15, 0.2) is 0 Å². The van der Waals surface area contributed by atoms with Crippen LogP contribution in [0.3, 0.4) is 0 Å². The summed E-state index contributed by atoms with van der Waals surface area (Å²) in [6.07, 6.45) is 10.1. The predicted octanol–water partition coefficient (Wildman–Crippen LogP) is 4.63. The first kappa shape index (κ1) is 17.3. The summed E-state index contributed by atoms with van der Waals surface area (Å²) in [4.78, 5) is 0. The van der Waals surface area contributed by atoms with Gasteiger partial charge in [-0.3, -0.25) is 0 Å². The van der Waals surface area contributed by atoms with E-state index < -0.39 is 0 Å². The maximum absolute atomic E-state index is 6.29. The Hall–Kier alpha value is -0.0800. The summed E-state index contributed by atoms with van der Waals surface area (Å²) in [6.45, 7) is 11.4. The highest BCUT2D eigenvalue weighted by atomic mass is 16.5. The van der Waals surface area contributed by atoms with Crippen molar-refractivity contribution in [2.75, 3.05) is 13.2 Å². The molecule has 2 nitrogen and oxygen atoms in total. The molecule has 0 saturated heterocycles. The second-order valence-electron chi connectivity index (χ2n) is 8.06. The molecule has 21 heavy (non-hydrogen) atoms. The largest absolute Gasteiger partial charge is 0.377 e. The van der Waals surface area contributed by atoms with E-state index in [2.05, 4.69) is 33.0 Å². The summed E-state index contributed by atoms with van der Waals surface area (Å²) in [7, 11) is 0. The van der Waals surface area contributed by atoms with Crippen molar-refractivity contribution >= 4 is 0 Å². The number of hydrogen-bond donors (Lipinski definition) is 1. The van der Waals surface area contributed by atoms with Gasteiger partial charge in [0.05, 0.1) is 12.7 Å². The average Bonchev–Trinajstić information content (AvgIpc) is 2.45. The summed E-state index contributed by atoms with van der Waals surface area (Å²) in [5, 5.41) is 3.74. The van der Waals surface area contributed by atoms with Crippen molar-refractivity contribution in [3.8, 4) is 0 Å². The Balaban J connectivity index is 1.68. The lowest BCUT2D eigenvalue weighted by atomic mass is 9.75. The van der Waals surface area contributed by atoms with Crippen molar-refractivity contribution in [3.63, 3.8) is 0 Å². The molecule has 0 aliphatic heterocycles. The summed E-state index contributed by atoms with van der Waals surface area (Å²) >= 11 is 0. The Morgan fingerprint density at radius 1 is 1.05 bits per heavy atom. The first-order chi connectivity index (χ1) is 10.1. The van der Waals surface area contributed by atoms with Crippen LogP contribution in [0.4, 0.5) is 0 Å². The number of hydrogen-bond acceptors (Lipinski definition) is 2. The lowest BCUT2D eigenvalue weighted by molar-refractivity contribution is -0.0376. The van der Waals surface area contributed by atoms with Crippen molar-refractivity contribution in [3.05, 3.63) is 0 Å². The van der Waals surface area contributed by atoms with Crippen molar-refractivity contribution in [1.29, 1.82) is 0 Å². The molecule has 0 radical (unpaired) electrons. The highest BCUT2D eigenvalue weighted by Gasteiger charge is 2.31.